The Bertz CT molecular complexity index is 414. The largest absolute Gasteiger partial charge is 0.385 e. The predicted octanol–water partition coefficient (Wildman–Crippen LogP) is 1.50. The van der Waals surface area contributed by atoms with Crippen molar-refractivity contribution in [3.63, 3.8) is 0 Å². The predicted molar refractivity (Wildman–Crippen MR) is 72.1 cm³/mol. The fourth-order valence-electron chi connectivity index (χ4n) is 3.19. The van der Waals surface area contributed by atoms with Crippen molar-refractivity contribution in [2.45, 2.75) is 24.9 Å². The van der Waals surface area contributed by atoms with E-state index in [0.717, 1.165) is 51.4 Å². The Hall–Kier alpha value is -1.20. The van der Waals surface area contributed by atoms with Crippen LogP contribution in [0.1, 0.15) is 19.3 Å². The van der Waals surface area contributed by atoms with E-state index in [2.05, 4.69) is 14.9 Å². The van der Waals surface area contributed by atoms with E-state index in [1.54, 1.807) is 19.5 Å². The van der Waals surface area contributed by atoms with Crippen LogP contribution in [0.3, 0.4) is 0 Å². The molecule has 0 saturated carbocycles. The van der Waals surface area contributed by atoms with Gasteiger partial charge in [-0.2, -0.15) is 0 Å². The van der Waals surface area contributed by atoms with Crippen molar-refractivity contribution in [2.75, 3.05) is 38.3 Å². The van der Waals surface area contributed by atoms with Crippen LogP contribution in [0.15, 0.2) is 18.6 Å². The van der Waals surface area contributed by atoms with E-state index in [1.165, 1.54) is 0 Å². The molecule has 0 amide bonds. The lowest BCUT2D eigenvalue weighted by Gasteiger charge is -2.23. The van der Waals surface area contributed by atoms with Gasteiger partial charge in [-0.25, -0.2) is 4.98 Å². The van der Waals surface area contributed by atoms with Crippen LogP contribution in [-0.4, -0.2) is 49.0 Å². The molecule has 0 aliphatic carbocycles. The number of anilines is 1. The molecule has 0 aromatic carbocycles. The summed E-state index contributed by atoms with van der Waals surface area (Å²) >= 11 is 0. The summed E-state index contributed by atoms with van der Waals surface area (Å²) in [5.74, 6) is 1.60. The van der Waals surface area contributed by atoms with Crippen LogP contribution in [0.5, 0.6) is 0 Å². The molecule has 2 aliphatic heterocycles. The fourth-order valence-corrected chi connectivity index (χ4v) is 3.19. The first-order valence-corrected chi connectivity index (χ1v) is 6.95. The smallest absolute Gasteiger partial charge is 0.147 e. The lowest BCUT2D eigenvalue weighted by atomic mass is 9.92. The Morgan fingerprint density at radius 3 is 3.26 bits per heavy atom. The van der Waals surface area contributed by atoms with Gasteiger partial charge in [0.2, 0.25) is 0 Å². The molecule has 3 rings (SSSR count). The van der Waals surface area contributed by atoms with Crippen LogP contribution in [-0.2, 0) is 9.47 Å². The van der Waals surface area contributed by atoms with E-state index in [9.17, 15) is 0 Å². The Balaban J connectivity index is 1.60. The topological polar surface area (TPSA) is 47.5 Å². The Morgan fingerprint density at radius 2 is 2.47 bits per heavy atom. The van der Waals surface area contributed by atoms with E-state index in [1.807, 2.05) is 6.20 Å². The van der Waals surface area contributed by atoms with Crippen molar-refractivity contribution in [3.8, 4) is 0 Å². The first-order chi connectivity index (χ1) is 9.31. The van der Waals surface area contributed by atoms with E-state index in [4.69, 9.17) is 9.47 Å². The highest BCUT2D eigenvalue weighted by Gasteiger charge is 2.45. The summed E-state index contributed by atoms with van der Waals surface area (Å²) < 4.78 is 11.3. The van der Waals surface area contributed by atoms with Crippen molar-refractivity contribution < 1.29 is 9.47 Å². The van der Waals surface area contributed by atoms with Crippen LogP contribution >= 0.6 is 0 Å². The zero-order valence-corrected chi connectivity index (χ0v) is 11.4. The first kappa shape index (κ1) is 12.8. The molecule has 0 radical (unpaired) electrons. The lowest BCUT2D eigenvalue weighted by molar-refractivity contribution is 0.0213. The van der Waals surface area contributed by atoms with Crippen molar-refractivity contribution in [3.05, 3.63) is 18.6 Å². The molecule has 2 fully saturated rings. The zero-order chi connectivity index (χ0) is 13.1. The second-order valence-corrected chi connectivity index (χ2v) is 5.58. The average Bonchev–Trinajstić information content (AvgIpc) is 3.05. The second kappa shape index (κ2) is 5.43. The van der Waals surface area contributed by atoms with Crippen LogP contribution in [0.25, 0.3) is 0 Å². The van der Waals surface area contributed by atoms with Crippen LogP contribution in [0.2, 0.25) is 0 Å². The van der Waals surface area contributed by atoms with Gasteiger partial charge < -0.3 is 14.4 Å². The number of aromatic nitrogens is 2. The molecule has 1 spiro atoms. The maximum absolute atomic E-state index is 6.12. The molecule has 2 aliphatic rings. The van der Waals surface area contributed by atoms with Crippen LogP contribution < -0.4 is 4.90 Å². The monoisotopic (exact) mass is 263 g/mol. The van der Waals surface area contributed by atoms with Gasteiger partial charge in [0.15, 0.2) is 0 Å². The zero-order valence-electron chi connectivity index (χ0n) is 11.4. The van der Waals surface area contributed by atoms with E-state index < -0.39 is 0 Å². The van der Waals surface area contributed by atoms with Crippen molar-refractivity contribution in [1.29, 1.82) is 0 Å². The summed E-state index contributed by atoms with van der Waals surface area (Å²) in [5.41, 5.74) is 0.0376. The molecule has 2 atom stereocenters. The highest BCUT2D eigenvalue weighted by molar-refractivity contribution is 5.38. The molecule has 5 heteroatoms. The van der Waals surface area contributed by atoms with E-state index >= 15 is 0 Å². The number of methoxy groups -OCH3 is 1. The molecular weight excluding hydrogens is 242 g/mol. The minimum absolute atomic E-state index is 0.0376. The molecule has 0 N–H and O–H groups in total. The molecular formula is C14H21N3O2. The van der Waals surface area contributed by atoms with Gasteiger partial charge >= 0.3 is 0 Å². The second-order valence-electron chi connectivity index (χ2n) is 5.58. The molecule has 1 aromatic rings. The van der Waals surface area contributed by atoms with Gasteiger partial charge in [-0.05, 0) is 25.2 Å². The van der Waals surface area contributed by atoms with Gasteiger partial charge in [0.25, 0.3) is 0 Å². The standard InChI is InChI=1S/C14H21N3O2/c1-18-7-2-12-8-14(19-10-12)3-6-17(11-14)13-9-15-4-5-16-13/h4-5,9,12H,2-3,6-8,10-11H2,1H3/t12-,14+/m1/s1. The maximum Gasteiger partial charge on any atom is 0.147 e. The van der Waals surface area contributed by atoms with Crippen LogP contribution in [0.4, 0.5) is 5.82 Å². The Labute approximate surface area is 113 Å². The maximum atomic E-state index is 6.12. The van der Waals surface area contributed by atoms with Crippen molar-refractivity contribution >= 4 is 5.82 Å². The molecule has 104 valence electrons. The SMILES string of the molecule is COCC[C@H]1CO[C@@]2(CCN(c3cnccn3)C2)C1. The minimum atomic E-state index is 0.0376. The van der Waals surface area contributed by atoms with Crippen molar-refractivity contribution in [1.82, 2.24) is 9.97 Å². The summed E-state index contributed by atoms with van der Waals surface area (Å²) in [5, 5.41) is 0. The lowest BCUT2D eigenvalue weighted by Crippen LogP contribution is -2.33. The molecule has 3 heterocycles. The Kier molecular flexibility index (Phi) is 3.66. The number of nitrogens with zero attached hydrogens (tertiary/aromatic N) is 3. The van der Waals surface area contributed by atoms with Gasteiger partial charge in [0, 0.05) is 39.2 Å². The van der Waals surface area contributed by atoms with E-state index in [-0.39, 0.29) is 5.60 Å². The summed E-state index contributed by atoms with van der Waals surface area (Å²) in [6.07, 6.45) is 8.62. The van der Waals surface area contributed by atoms with Gasteiger partial charge in [0.05, 0.1) is 18.4 Å². The fraction of sp³-hybridized carbons (Fsp3) is 0.714. The molecule has 2 saturated heterocycles. The molecule has 5 nitrogen and oxygen atoms in total. The summed E-state index contributed by atoms with van der Waals surface area (Å²) in [6.45, 7) is 3.65. The molecule has 19 heavy (non-hydrogen) atoms. The minimum Gasteiger partial charge on any atom is -0.385 e. The first-order valence-electron chi connectivity index (χ1n) is 6.95. The summed E-state index contributed by atoms with van der Waals surface area (Å²) in [6, 6.07) is 0. The van der Waals surface area contributed by atoms with E-state index in [0.29, 0.717) is 5.92 Å². The third kappa shape index (κ3) is 2.72. The highest BCUT2D eigenvalue weighted by Crippen LogP contribution is 2.39. The third-order valence-corrected chi connectivity index (χ3v) is 4.21. The molecule has 0 bridgehead atoms. The normalized spacial score (nSPS) is 30.4. The highest BCUT2D eigenvalue weighted by atomic mass is 16.5. The van der Waals surface area contributed by atoms with Gasteiger partial charge in [-0.1, -0.05) is 0 Å². The third-order valence-electron chi connectivity index (χ3n) is 4.21. The van der Waals surface area contributed by atoms with Crippen LogP contribution in [0, 0.1) is 5.92 Å². The molecule has 0 unspecified atom stereocenters. The number of hydrogen-bond acceptors (Lipinski definition) is 5. The number of rotatable bonds is 4. The average molecular weight is 263 g/mol. The van der Waals surface area contributed by atoms with Gasteiger partial charge in [-0.15, -0.1) is 0 Å². The Morgan fingerprint density at radius 1 is 1.53 bits per heavy atom. The summed E-state index contributed by atoms with van der Waals surface area (Å²) in [7, 11) is 1.76. The number of ether oxygens (including phenoxy) is 2. The van der Waals surface area contributed by atoms with Gasteiger partial charge in [-0.3, -0.25) is 4.98 Å². The van der Waals surface area contributed by atoms with Gasteiger partial charge in [0.1, 0.15) is 5.82 Å². The molecule has 1 aromatic heterocycles. The number of hydrogen-bond donors (Lipinski definition) is 0. The summed E-state index contributed by atoms with van der Waals surface area (Å²) in [4.78, 5) is 10.8. The quantitative estimate of drug-likeness (QED) is 0.824. The van der Waals surface area contributed by atoms with Crippen molar-refractivity contribution in [2.24, 2.45) is 5.92 Å².